The normalized spacial score (nSPS) is 10.8. The molecule has 0 spiro atoms. The fraction of sp³-hybridized carbons (Fsp3) is 0.125. The van der Waals surface area contributed by atoms with E-state index in [2.05, 4.69) is 6.92 Å². The predicted octanol–water partition coefficient (Wildman–Crippen LogP) is 4.40. The lowest BCUT2D eigenvalue weighted by Crippen LogP contribution is -1.91. The third-order valence-corrected chi connectivity index (χ3v) is 4.38. The molecular formula is C16H16N2OS. The molecule has 3 aromatic rings. The van der Waals surface area contributed by atoms with E-state index in [1.807, 2.05) is 36.4 Å². The summed E-state index contributed by atoms with van der Waals surface area (Å²) in [7, 11) is 0. The number of hydrogen-bond acceptors (Lipinski definition) is 4. The second kappa shape index (κ2) is 5.06. The van der Waals surface area contributed by atoms with E-state index in [1.54, 1.807) is 17.6 Å². The van der Waals surface area contributed by atoms with Gasteiger partial charge in [0, 0.05) is 11.3 Å². The van der Waals surface area contributed by atoms with Crippen molar-refractivity contribution in [2.45, 2.75) is 13.3 Å². The first kappa shape index (κ1) is 12.8. The molecule has 0 aliphatic rings. The van der Waals surface area contributed by atoms with E-state index in [0.29, 0.717) is 0 Å². The zero-order valence-corrected chi connectivity index (χ0v) is 12.0. The average molecular weight is 284 g/mol. The SMILES string of the molecule is CCc1c(-c2ccco2)sc(N)c1-c1cccc(N)c1. The Labute approximate surface area is 121 Å². The molecule has 20 heavy (non-hydrogen) atoms. The van der Waals surface area contributed by atoms with Crippen molar-refractivity contribution in [1.29, 1.82) is 0 Å². The van der Waals surface area contributed by atoms with Crippen LogP contribution in [-0.4, -0.2) is 0 Å². The van der Waals surface area contributed by atoms with Crippen LogP contribution in [-0.2, 0) is 6.42 Å². The number of nitrogens with two attached hydrogens (primary N) is 2. The van der Waals surface area contributed by atoms with Crippen LogP contribution in [0.4, 0.5) is 10.7 Å². The lowest BCUT2D eigenvalue weighted by molar-refractivity contribution is 0.583. The summed E-state index contributed by atoms with van der Waals surface area (Å²) in [4.78, 5) is 1.10. The first-order valence-corrected chi connectivity index (χ1v) is 7.33. The molecule has 4 N–H and O–H groups in total. The molecule has 0 saturated heterocycles. The van der Waals surface area contributed by atoms with Crippen LogP contribution in [0.1, 0.15) is 12.5 Å². The van der Waals surface area contributed by atoms with Crippen molar-refractivity contribution in [3.63, 3.8) is 0 Å². The largest absolute Gasteiger partial charge is 0.464 e. The maximum Gasteiger partial charge on any atom is 0.144 e. The highest BCUT2D eigenvalue weighted by atomic mass is 32.1. The number of thiophene rings is 1. The highest BCUT2D eigenvalue weighted by molar-refractivity contribution is 7.20. The number of furan rings is 1. The molecule has 4 heteroatoms. The smallest absolute Gasteiger partial charge is 0.144 e. The van der Waals surface area contributed by atoms with E-state index >= 15 is 0 Å². The average Bonchev–Trinajstić information content (AvgIpc) is 3.05. The van der Waals surface area contributed by atoms with Gasteiger partial charge in [-0.05, 0) is 41.8 Å². The molecule has 3 nitrogen and oxygen atoms in total. The molecule has 0 amide bonds. The van der Waals surface area contributed by atoms with Crippen molar-refractivity contribution < 1.29 is 4.42 Å². The van der Waals surface area contributed by atoms with Crippen molar-refractivity contribution in [2.24, 2.45) is 0 Å². The summed E-state index contributed by atoms with van der Waals surface area (Å²) < 4.78 is 5.52. The van der Waals surface area contributed by atoms with Crippen LogP contribution >= 0.6 is 11.3 Å². The summed E-state index contributed by atoms with van der Waals surface area (Å²) in [5.74, 6) is 0.869. The van der Waals surface area contributed by atoms with Crippen LogP contribution in [0.2, 0.25) is 0 Å². The molecule has 2 aromatic heterocycles. The van der Waals surface area contributed by atoms with Gasteiger partial charge in [0.25, 0.3) is 0 Å². The first-order chi connectivity index (χ1) is 9.70. The minimum absolute atomic E-state index is 0.745. The molecule has 1 aromatic carbocycles. The highest BCUT2D eigenvalue weighted by Crippen LogP contribution is 2.44. The lowest BCUT2D eigenvalue weighted by Gasteiger charge is -2.06. The van der Waals surface area contributed by atoms with Crippen molar-refractivity contribution in [1.82, 2.24) is 0 Å². The third-order valence-electron chi connectivity index (χ3n) is 3.31. The summed E-state index contributed by atoms with van der Waals surface area (Å²) in [6.07, 6.45) is 2.58. The molecule has 0 saturated carbocycles. The molecule has 2 heterocycles. The lowest BCUT2D eigenvalue weighted by atomic mass is 9.99. The van der Waals surface area contributed by atoms with Crippen molar-refractivity contribution in [3.05, 3.63) is 48.2 Å². The Morgan fingerprint density at radius 3 is 2.65 bits per heavy atom. The summed E-state index contributed by atoms with van der Waals surface area (Å²) in [6.45, 7) is 2.13. The van der Waals surface area contributed by atoms with Crippen LogP contribution in [0.5, 0.6) is 0 Å². The first-order valence-electron chi connectivity index (χ1n) is 6.51. The summed E-state index contributed by atoms with van der Waals surface area (Å²) in [5, 5.41) is 0.804. The van der Waals surface area contributed by atoms with Crippen LogP contribution in [0.15, 0.2) is 47.1 Å². The molecule has 0 aliphatic heterocycles. The van der Waals surface area contributed by atoms with E-state index in [-0.39, 0.29) is 0 Å². The van der Waals surface area contributed by atoms with Crippen molar-refractivity contribution in [2.75, 3.05) is 11.5 Å². The molecule has 0 bridgehead atoms. The zero-order valence-electron chi connectivity index (χ0n) is 11.2. The van der Waals surface area contributed by atoms with Crippen LogP contribution in [0.25, 0.3) is 21.8 Å². The van der Waals surface area contributed by atoms with Gasteiger partial charge in [0.05, 0.1) is 16.1 Å². The Kier molecular flexibility index (Phi) is 3.24. The van der Waals surface area contributed by atoms with Crippen molar-refractivity contribution >= 4 is 22.0 Å². The number of rotatable bonds is 3. The monoisotopic (exact) mass is 284 g/mol. The van der Waals surface area contributed by atoms with Crippen molar-refractivity contribution in [3.8, 4) is 21.8 Å². The Balaban J connectivity index is 2.21. The summed E-state index contributed by atoms with van der Waals surface area (Å²) in [5.41, 5.74) is 16.2. The minimum Gasteiger partial charge on any atom is -0.464 e. The number of nitrogen functional groups attached to an aromatic ring is 2. The topological polar surface area (TPSA) is 65.2 Å². The van der Waals surface area contributed by atoms with E-state index < -0.39 is 0 Å². The van der Waals surface area contributed by atoms with Gasteiger partial charge in [0.1, 0.15) is 5.76 Å². The second-order valence-electron chi connectivity index (χ2n) is 4.61. The summed E-state index contributed by atoms with van der Waals surface area (Å²) >= 11 is 1.57. The molecule has 0 unspecified atom stereocenters. The quantitative estimate of drug-likeness (QED) is 0.700. The fourth-order valence-electron chi connectivity index (χ4n) is 2.44. The molecular weight excluding hydrogens is 268 g/mol. The van der Waals surface area contributed by atoms with Crippen LogP contribution in [0, 0.1) is 0 Å². The fourth-order valence-corrected chi connectivity index (χ4v) is 3.59. The van der Waals surface area contributed by atoms with Gasteiger partial charge in [-0.25, -0.2) is 0 Å². The molecule has 0 aliphatic carbocycles. The Bertz CT molecular complexity index is 729. The second-order valence-corrected chi connectivity index (χ2v) is 5.66. The molecule has 3 rings (SSSR count). The maximum atomic E-state index is 6.24. The highest BCUT2D eigenvalue weighted by Gasteiger charge is 2.19. The van der Waals surface area contributed by atoms with Gasteiger partial charge in [-0.15, -0.1) is 11.3 Å². The van der Waals surface area contributed by atoms with Gasteiger partial charge in [-0.1, -0.05) is 19.1 Å². The maximum absolute atomic E-state index is 6.24. The molecule has 0 radical (unpaired) electrons. The number of benzene rings is 1. The van der Waals surface area contributed by atoms with E-state index in [0.717, 1.165) is 38.9 Å². The van der Waals surface area contributed by atoms with Crippen LogP contribution < -0.4 is 11.5 Å². The zero-order chi connectivity index (χ0) is 14.1. The molecule has 0 fully saturated rings. The van der Waals surface area contributed by atoms with Gasteiger partial charge >= 0.3 is 0 Å². The number of hydrogen-bond donors (Lipinski definition) is 2. The van der Waals surface area contributed by atoms with Gasteiger partial charge in [-0.2, -0.15) is 0 Å². The molecule has 0 atom stereocenters. The Morgan fingerprint density at radius 2 is 2.00 bits per heavy atom. The standard InChI is InChI=1S/C16H16N2OS/c1-2-12-14(10-5-3-6-11(17)9-10)16(18)20-15(12)13-7-4-8-19-13/h3-9H,2,17-18H2,1H3. The van der Waals surface area contributed by atoms with E-state index in [1.165, 1.54) is 5.56 Å². The third kappa shape index (κ3) is 2.08. The van der Waals surface area contributed by atoms with Gasteiger partial charge in [-0.3, -0.25) is 0 Å². The number of anilines is 2. The van der Waals surface area contributed by atoms with E-state index in [4.69, 9.17) is 15.9 Å². The van der Waals surface area contributed by atoms with Gasteiger partial charge < -0.3 is 15.9 Å². The molecule has 102 valence electrons. The van der Waals surface area contributed by atoms with Gasteiger partial charge in [0.15, 0.2) is 0 Å². The summed E-state index contributed by atoms with van der Waals surface area (Å²) in [6, 6.07) is 11.7. The Hall–Kier alpha value is -2.20. The predicted molar refractivity (Wildman–Crippen MR) is 85.7 cm³/mol. The van der Waals surface area contributed by atoms with Crippen LogP contribution in [0.3, 0.4) is 0 Å². The van der Waals surface area contributed by atoms with Gasteiger partial charge in [0.2, 0.25) is 0 Å². The van der Waals surface area contributed by atoms with E-state index in [9.17, 15) is 0 Å². The minimum atomic E-state index is 0.745. The Morgan fingerprint density at radius 1 is 1.15 bits per heavy atom.